The fourth-order valence-electron chi connectivity index (χ4n) is 6.67. The second-order valence-electron chi connectivity index (χ2n) is 12.6. The third-order valence-corrected chi connectivity index (χ3v) is 9.48. The minimum absolute atomic E-state index is 0.0147. The van der Waals surface area contributed by atoms with Crippen LogP contribution in [-0.2, 0) is 29.0 Å². The number of hydrogen-bond donors (Lipinski definition) is 2. The van der Waals surface area contributed by atoms with E-state index >= 15 is 0 Å². The number of carbonyl (C=O) groups excluding carboxylic acids is 1. The molecular formula is C39H40N4O6. The molecule has 0 aliphatic carbocycles. The molecule has 2 aliphatic rings. The summed E-state index contributed by atoms with van der Waals surface area (Å²) in [5, 5.41) is 12.5. The molecule has 0 unspecified atom stereocenters. The maximum absolute atomic E-state index is 13.0. The lowest BCUT2D eigenvalue weighted by atomic mass is 9.89. The van der Waals surface area contributed by atoms with Crippen molar-refractivity contribution >= 4 is 22.6 Å². The molecular weight excluding hydrogens is 620 g/mol. The van der Waals surface area contributed by atoms with Crippen LogP contribution in [0.3, 0.4) is 0 Å². The van der Waals surface area contributed by atoms with Crippen LogP contribution in [0.15, 0.2) is 91.1 Å². The zero-order chi connectivity index (χ0) is 33.9. The van der Waals surface area contributed by atoms with Gasteiger partial charge in [-0.15, -0.1) is 0 Å². The third-order valence-electron chi connectivity index (χ3n) is 9.48. The fraction of sp³-hybridized carbons (Fsp3) is 0.308. The summed E-state index contributed by atoms with van der Waals surface area (Å²) in [6.07, 6.45) is 1.40. The standard InChI is InChI=1S/C39H40N4O6/c1-24-36(22-43-17-16-28-18-34(46-2)35(47-3)19-29(28)21-43)48-39(49-37(24)26-10-8-25(23-44)9-11-26)27-12-14-30(15-13-27)41-38(45)33-20-40-31-6-4-5-7-32(31)42-33/h4-15,18-20,24,36-37,39,44H,16-17,21-23H2,1-3H3,(H,41,45)/t24-,36+,37+,39+/m1/s1. The number of aromatic nitrogens is 2. The van der Waals surface area contributed by atoms with Crippen LogP contribution in [-0.4, -0.2) is 59.3 Å². The summed E-state index contributed by atoms with van der Waals surface area (Å²) in [6.45, 7) is 4.55. The molecule has 0 bridgehead atoms. The monoisotopic (exact) mass is 660 g/mol. The van der Waals surface area contributed by atoms with E-state index < -0.39 is 6.29 Å². The van der Waals surface area contributed by atoms with Crippen LogP contribution in [0.1, 0.15) is 57.6 Å². The van der Waals surface area contributed by atoms with Gasteiger partial charge in [0.1, 0.15) is 5.69 Å². The molecule has 0 spiro atoms. The van der Waals surface area contributed by atoms with Gasteiger partial charge in [-0.05, 0) is 65.1 Å². The molecule has 1 fully saturated rings. The van der Waals surface area contributed by atoms with Crippen molar-refractivity contribution in [1.82, 2.24) is 14.9 Å². The van der Waals surface area contributed by atoms with Crippen LogP contribution in [0, 0.1) is 5.92 Å². The van der Waals surface area contributed by atoms with Gasteiger partial charge in [0.15, 0.2) is 17.8 Å². The van der Waals surface area contributed by atoms with Gasteiger partial charge in [0, 0.05) is 36.8 Å². The maximum Gasteiger partial charge on any atom is 0.275 e. The largest absolute Gasteiger partial charge is 0.493 e. The van der Waals surface area contributed by atoms with E-state index in [1.54, 1.807) is 14.2 Å². The number of methoxy groups -OCH3 is 2. The Kier molecular flexibility index (Phi) is 9.54. The SMILES string of the molecule is COc1cc2c(cc1OC)CN(C[C@@H]1O[C@H](c3ccc(NC(=O)c4cnc5ccccc5n4)cc3)O[C@H](c3ccc(CO)cc3)[C@@H]1C)CC2. The average Bonchev–Trinajstić information content (AvgIpc) is 3.15. The number of carbonyl (C=O) groups is 1. The van der Waals surface area contributed by atoms with Gasteiger partial charge < -0.3 is 29.4 Å². The highest BCUT2D eigenvalue weighted by Gasteiger charge is 2.39. The van der Waals surface area contributed by atoms with Crippen LogP contribution in [0.5, 0.6) is 11.5 Å². The second-order valence-corrected chi connectivity index (χ2v) is 12.6. The lowest BCUT2D eigenvalue weighted by Crippen LogP contribution is -2.45. The molecule has 1 aromatic heterocycles. The Morgan fingerprint density at radius 3 is 2.33 bits per heavy atom. The molecule has 252 valence electrons. The zero-order valence-electron chi connectivity index (χ0n) is 27.8. The molecule has 4 atom stereocenters. The summed E-state index contributed by atoms with van der Waals surface area (Å²) in [7, 11) is 3.33. The Morgan fingerprint density at radius 2 is 1.61 bits per heavy atom. The van der Waals surface area contributed by atoms with Crippen molar-refractivity contribution in [3.8, 4) is 11.5 Å². The van der Waals surface area contributed by atoms with Gasteiger partial charge in [-0.1, -0.05) is 55.5 Å². The molecule has 49 heavy (non-hydrogen) atoms. The predicted molar refractivity (Wildman–Crippen MR) is 185 cm³/mol. The smallest absolute Gasteiger partial charge is 0.275 e. The first-order chi connectivity index (χ1) is 23.9. The van der Waals surface area contributed by atoms with E-state index in [4.69, 9.17) is 18.9 Å². The summed E-state index contributed by atoms with van der Waals surface area (Å²) >= 11 is 0. The van der Waals surface area contributed by atoms with Crippen LogP contribution in [0.25, 0.3) is 11.0 Å². The number of amides is 1. The number of nitrogens with one attached hydrogen (secondary N) is 1. The molecule has 0 saturated carbocycles. The number of aliphatic hydroxyl groups excluding tert-OH is 1. The van der Waals surface area contributed by atoms with Crippen LogP contribution < -0.4 is 14.8 Å². The number of ether oxygens (including phenoxy) is 4. The third kappa shape index (κ3) is 7.00. The first kappa shape index (κ1) is 32.7. The molecule has 4 aromatic carbocycles. The summed E-state index contributed by atoms with van der Waals surface area (Å²) in [5.41, 5.74) is 7.49. The number of nitrogens with zero attached hydrogens (tertiary/aromatic N) is 3. The van der Waals surface area contributed by atoms with Crippen LogP contribution in [0.4, 0.5) is 5.69 Å². The number of fused-ring (bicyclic) bond motifs is 2. The molecule has 10 nitrogen and oxygen atoms in total. The maximum atomic E-state index is 13.0. The number of aliphatic hydroxyl groups is 1. The van der Waals surface area contributed by atoms with Gasteiger partial charge >= 0.3 is 0 Å². The Balaban J connectivity index is 1.09. The Hall–Kier alpha value is -4.87. The van der Waals surface area contributed by atoms with E-state index in [-0.39, 0.29) is 36.3 Å². The van der Waals surface area contributed by atoms with Crippen molar-refractivity contribution in [2.75, 3.05) is 32.6 Å². The molecule has 1 saturated heterocycles. The minimum atomic E-state index is -0.624. The normalized spacial score (nSPS) is 20.8. The quantitative estimate of drug-likeness (QED) is 0.190. The highest BCUT2D eigenvalue weighted by atomic mass is 16.7. The summed E-state index contributed by atoms with van der Waals surface area (Å²) in [5.74, 6) is 1.19. The van der Waals surface area contributed by atoms with Crippen molar-refractivity contribution in [2.24, 2.45) is 5.92 Å². The lowest BCUT2D eigenvalue weighted by Gasteiger charge is -2.43. The minimum Gasteiger partial charge on any atom is -0.493 e. The van der Waals surface area contributed by atoms with Crippen molar-refractivity contribution in [3.63, 3.8) is 0 Å². The fourth-order valence-corrected chi connectivity index (χ4v) is 6.67. The van der Waals surface area contributed by atoms with E-state index in [1.165, 1.54) is 17.3 Å². The Bertz CT molecular complexity index is 1930. The summed E-state index contributed by atoms with van der Waals surface area (Å²) in [6, 6.07) is 27.1. The molecule has 3 heterocycles. The second kappa shape index (κ2) is 14.3. The zero-order valence-corrected chi connectivity index (χ0v) is 27.8. The van der Waals surface area contributed by atoms with E-state index in [0.29, 0.717) is 11.2 Å². The van der Waals surface area contributed by atoms with Crippen LogP contribution in [0.2, 0.25) is 0 Å². The van der Waals surface area contributed by atoms with Crippen LogP contribution >= 0.6 is 0 Å². The molecule has 0 radical (unpaired) electrons. The topological polar surface area (TPSA) is 115 Å². The van der Waals surface area contributed by atoms with Crippen molar-refractivity contribution < 1.29 is 28.8 Å². The van der Waals surface area contributed by atoms with Gasteiger partial charge in [0.25, 0.3) is 5.91 Å². The Labute approximate surface area is 285 Å². The highest BCUT2D eigenvalue weighted by Crippen LogP contribution is 2.42. The van der Waals surface area contributed by atoms with Gasteiger partial charge in [-0.3, -0.25) is 14.7 Å². The molecule has 5 aromatic rings. The van der Waals surface area contributed by atoms with Gasteiger partial charge in [0.05, 0.1) is 50.3 Å². The number of benzene rings is 4. The van der Waals surface area contributed by atoms with Crippen molar-refractivity contribution in [2.45, 2.75) is 45.0 Å². The molecule has 7 rings (SSSR count). The van der Waals surface area contributed by atoms with Crippen molar-refractivity contribution in [3.05, 3.63) is 125 Å². The molecule has 2 aliphatic heterocycles. The average molecular weight is 661 g/mol. The van der Waals surface area contributed by atoms with E-state index in [1.807, 2.05) is 72.8 Å². The number of para-hydroxylation sites is 2. The summed E-state index contributed by atoms with van der Waals surface area (Å²) < 4.78 is 24.5. The van der Waals surface area contributed by atoms with Crippen molar-refractivity contribution in [1.29, 1.82) is 0 Å². The first-order valence-electron chi connectivity index (χ1n) is 16.5. The van der Waals surface area contributed by atoms with Gasteiger partial charge in [0.2, 0.25) is 0 Å². The number of hydrogen-bond acceptors (Lipinski definition) is 9. The number of anilines is 1. The highest BCUT2D eigenvalue weighted by molar-refractivity contribution is 6.03. The predicted octanol–water partition coefficient (Wildman–Crippen LogP) is 6.24. The molecule has 10 heteroatoms. The molecule has 2 N–H and O–H groups in total. The van der Waals surface area contributed by atoms with Gasteiger partial charge in [-0.25, -0.2) is 4.98 Å². The lowest BCUT2D eigenvalue weighted by molar-refractivity contribution is -0.276. The first-order valence-corrected chi connectivity index (χ1v) is 16.5. The Morgan fingerprint density at radius 1 is 0.918 bits per heavy atom. The number of rotatable bonds is 9. The summed E-state index contributed by atoms with van der Waals surface area (Å²) in [4.78, 5) is 24.3. The van der Waals surface area contributed by atoms with Gasteiger partial charge in [-0.2, -0.15) is 0 Å². The van der Waals surface area contributed by atoms with E-state index in [0.717, 1.165) is 59.8 Å². The van der Waals surface area contributed by atoms with E-state index in [9.17, 15) is 9.90 Å². The molecule has 1 amide bonds. The van der Waals surface area contributed by atoms with E-state index in [2.05, 4.69) is 39.2 Å².